The SMILES string of the molecule is CCC(CCO)NC(CC#N)c1ccccc1. The van der Waals surface area contributed by atoms with Crippen LogP contribution < -0.4 is 5.32 Å². The summed E-state index contributed by atoms with van der Waals surface area (Å²) in [6.07, 6.45) is 2.13. The Morgan fingerprint density at radius 2 is 2.06 bits per heavy atom. The second-order valence-electron chi connectivity index (χ2n) is 4.11. The van der Waals surface area contributed by atoms with Crippen molar-refractivity contribution in [1.29, 1.82) is 5.26 Å². The summed E-state index contributed by atoms with van der Waals surface area (Å²) in [6, 6.07) is 12.5. The highest BCUT2D eigenvalue weighted by molar-refractivity contribution is 5.20. The van der Waals surface area contributed by atoms with Gasteiger partial charge < -0.3 is 10.4 Å². The van der Waals surface area contributed by atoms with E-state index in [1.165, 1.54) is 0 Å². The Bertz CT molecular complexity index is 345. The van der Waals surface area contributed by atoms with E-state index in [2.05, 4.69) is 18.3 Å². The molecule has 0 heterocycles. The van der Waals surface area contributed by atoms with Gasteiger partial charge >= 0.3 is 0 Å². The van der Waals surface area contributed by atoms with E-state index >= 15 is 0 Å². The number of nitrogens with zero attached hydrogens (tertiary/aromatic N) is 1. The first-order valence-electron chi connectivity index (χ1n) is 6.10. The number of nitriles is 1. The number of rotatable bonds is 7. The minimum Gasteiger partial charge on any atom is -0.396 e. The lowest BCUT2D eigenvalue weighted by atomic mass is 10.0. The van der Waals surface area contributed by atoms with Gasteiger partial charge in [0.15, 0.2) is 0 Å². The quantitative estimate of drug-likeness (QED) is 0.759. The van der Waals surface area contributed by atoms with Gasteiger partial charge in [0.1, 0.15) is 0 Å². The Morgan fingerprint density at radius 1 is 1.35 bits per heavy atom. The fourth-order valence-electron chi connectivity index (χ4n) is 1.90. The number of hydrogen-bond acceptors (Lipinski definition) is 3. The summed E-state index contributed by atoms with van der Waals surface area (Å²) >= 11 is 0. The lowest BCUT2D eigenvalue weighted by Gasteiger charge is -2.23. The average molecular weight is 232 g/mol. The molecule has 0 aromatic heterocycles. The molecule has 0 saturated heterocycles. The number of hydrogen-bond donors (Lipinski definition) is 2. The lowest BCUT2D eigenvalue weighted by molar-refractivity contribution is 0.255. The number of benzene rings is 1. The molecule has 3 heteroatoms. The molecule has 17 heavy (non-hydrogen) atoms. The van der Waals surface area contributed by atoms with Gasteiger partial charge in [-0.15, -0.1) is 0 Å². The third-order valence-electron chi connectivity index (χ3n) is 2.90. The van der Waals surface area contributed by atoms with E-state index in [0.717, 1.165) is 18.4 Å². The summed E-state index contributed by atoms with van der Waals surface area (Å²) in [5, 5.41) is 21.3. The minimum absolute atomic E-state index is 0.0534. The van der Waals surface area contributed by atoms with E-state index in [-0.39, 0.29) is 18.7 Å². The van der Waals surface area contributed by atoms with Crippen LogP contribution in [0.25, 0.3) is 0 Å². The first-order valence-corrected chi connectivity index (χ1v) is 6.10. The Kier molecular flexibility index (Phi) is 6.31. The van der Waals surface area contributed by atoms with E-state index in [9.17, 15) is 0 Å². The molecule has 0 aliphatic heterocycles. The smallest absolute Gasteiger partial charge is 0.0641 e. The van der Waals surface area contributed by atoms with Crippen molar-refractivity contribution in [1.82, 2.24) is 5.32 Å². The molecule has 0 radical (unpaired) electrons. The maximum Gasteiger partial charge on any atom is 0.0641 e. The third kappa shape index (κ3) is 4.56. The molecule has 0 aliphatic carbocycles. The van der Waals surface area contributed by atoms with Gasteiger partial charge in [-0.05, 0) is 18.4 Å². The normalized spacial score (nSPS) is 13.9. The van der Waals surface area contributed by atoms with Crippen LogP contribution in [-0.2, 0) is 0 Å². The van der Waals surface area contributed by atoms with E-state index in [0.29, 0.717) is 6.42 Å². The predicted molar refractivity (Wildman–Crippen MR) is 68.3 cm³/mol. The largest absolute Gasteiger partial charge is 0.396 e. The molecule has 0 aliphatic rings. The highest BCUT2D eigenvalue weighted by Crippen LogP contribution is 2.17. The highest BCUT2D eigenvalue weighted by atomic mass is 16.3. The minimum atomic E-state index is 0.0534. The van der Waals surface area contributed by atoms with Crippen LogP contribution in [0, 0.1) is 11.3 Å². The summed E-state index contributed by atoms with van der Waals surface area (Å²) < 4.78 is 0. The van der Waals surface area contributed by atoms with Crippen molar-refractivity contribution in [2.45, 2.75) is 38.3 Å². The second-order valence-corrected chi connectivity index (χ2v) is 4.11. The Hall–Kier alpha value is -1.37. The molecule has 1 rings (SSSR count). The average Bonchev–Trinajstić information content (AvgIpc) is 2.38. The van der Waals surface area contributed by atoms with Crippen molar-refractivity contribution >= 4 is 0 Å². The van der Waals surface area contributed by atoms with Gasteiger partial charge in [-0.1, -0.05) is 37.3 Å². The molecule has 2 unspecified atom stereocenters. The Labute approximate surface area is 103 Å². The van der Waals surface area contributed by atoms with Crippen LogP contribution in [0.15, 0.2) is 30.3 Å². The van der Waals surface area contributed by atoms with E-state index < -0.39 is 0 Å². The molecule has 2 atom stereocenters. The maximum atomic E-state index is 8.98. The van der Waals surface area contributed by atoms with Crippen LogP contribution in [0.5, 0.6) is 0 Å². The van der Waals surface area contributed by atoms with Crippen LogP contribution in [0.4, 0.5) is 0 Å². The molecule has 1 aromatic rings. The maximum absolute atomic E-state index is 8.98. The lowest BCUT2D eigenvalue weighted by Crippen LogP contribution is -2.33. The zero-order valence-electron chi connectivity index (χ0n) is 10.3. The molecule has 0 bridgehead atoms. The van der Waals surface area contributed by atoms with Crippen LogP contribution in [-0.4, -0.2) is 17.8 Å². The monoisotopic (exact) mass is 232 g/mol. The van der Waals surface area contributed by atoms with Crippen LogP contribution in [0.2, 0.25) is 0 Å². The molecule has 0 spiro atoms. The topological polar surface area (TPSA) is 56.0 Å². The number of aliphatic hydroxyl groups is 1. The molecule has 92 valence electrons. The first-order chi connectivity index (χ1) is 8.31. The second kappa shape index (κ2) is 7.83. The third-order valence-corrected chi connectivity index (χ3v) is 2.90. The van der Waals surface area contributed by atoms with E-state index in [1.807, 2.05) is 30.3 Å². The fraction of sp³-hybridized carbons (Fsp3) is 0.500. The van der Waals surface area contributed by atoms with Gasteiger partial charge in [-0.25, -0.2) is 0 Å². The molecule has 0 saturated carbocycles. The van der Waals surface area contributed by atoms with E-state index in [4.69, 9.17) is 10.4 Å². The van der Waals surface area contributed by atoms with Gasteiger partial charge in [0, 0.05) is 18.7 Å². The zero-order chi connectivity index (χ0) is 12.5. The standard InChI is InChI=1S/C14H20N2O/c1-2-13(9-11-17)16-14(8-10-15)12-6-4-3-5-7-12/h3-7,13-14,16-17H,2,8-9,11H2,1H3. The molecular weight excluding hydrogens is 212 g/mol. The van der Waals surface area contributed by atoms with E-state index in [1.54, 1.807) is 0 Å². The molecule has 2 N–H and O–H groups in total. The van der Waals surface area contributed by atoms with Gasteiger partial charge in [0.2, 0.25) is 0 Å². The first kappa shape index (κ1) is 13.7. The van der Waals surface area contributed by atoms with Crippen LogP contribution >= 0.6 is 0 Å². The predicted octanol–water partition coefficient (Wildman–Crippen LogP) is 2.39. The van der Waals surface area contributed by atoms with Gasteiger partial charge in [0.05, 0.1) is 12.5 Å². The molecular formula is C14H20N2O. The molecule has 3 nitrogen and oxygen atoms in total. The van der Waals surface area contributed by atoms with Gasteiger partial charge in [0.25, 0.3) is 0 Å². The number of nitrogens with one attached hydrogen (secondary N) is 1. The zero-order valence-corrected chi connectivity index (χ0v) is 10.3. The molecule has 0 fully saturated rings. The van der Waals surface area contributed by atoms with Crippen molar-refractivity contribution in [2.75, 3.05) is 6.61 Å². The van der Waals surface area contributed by atoms with Crippen LogP contribution in [0.3, 0.4) is 0 Å². The van der Waals surface area contributed by atoms with Gasteiger partial charge in [-0.3, -0.25) is 0 Å². The molecule has 0 amide bonds. The summed E-state index contributed by atoms with van der Waals surface area (Å²) in [7, 11) is 0. The summed E-state index contributed by atoms with van der Waals surface area (Å²) in [5.74, 6) is 0. The molecule has 1 aromatic carbocycles. The van der Waals surface area contributed by atoms with Crippen molar-refractivity contribution < 1.29 is 5.11 Å². The summed E-state index contributed by atoms with van der Waals surface area (Å²) in [4.78, 5) is 0. The fourth-order valence-corrected chi connectivity index (χ4v) is 1.90. The number of aliphatic hydroxyl groups excluding tert-OH is 1. The van der Waals surface area contributed by atoms with Gasteiger partial charge in [-0.2, -0.15) is 5.26 Å². The van der Waals surface area contributed by atoms with Crippen molar-refractivity contribution in [2.24, 2.45) is 0 Å². The van der Waals surface area contributed by atoms with Crippen LogP contribution in [0.1, 0.15) is 37.8 Å². The Balaban J connectivity index is 2.69. The Morgan fingerprint density at radius 3 is 2.59 bits per heavy atom. The van der Waals surface area contributed by atoms with Crippen molar-refractivity contribution in [3.8, 4) is 6.07 Å². The summed E-state index contributed by atoms with van der Waals surface area (Å²) in [6.45, 7) is 2.27. The summed E-state index contributed by atoms with van der Waals surface area (Å²) in [5.41, 5.74) is 1.13. The van der Waals surface area contributed by atoms with Crippen molar-refractivity contribution in [3.05, 3.63) is 35.9 Å². The van der Waals surface area contributed by atoms with Crippen molar-refractivity contribution in [3.63, 3.8) is 0 Å². The highest BCUT2D eigenvalue weighted by Gasteiger charge is 2.15.